The number of hydrogen-bond acceptors (Lipinski definition) is 5. The average Bonchev–Trinajstić information content (AvgIpc) is 2.63. The van der Waals surface area contributed by atoms with Crippen molar-refractivity contribution in [3.63, 3.8) is 0 Å². The Morgan fingerprint density at radius 3 is 2.88 bits per heavy atom. The zero-order chi connectivity index (χ0) is 11.5. The third-order valence-corrected chi connectivity index (χ3v) is 3.00. The predicted octanol–water partition coefficient (Wildman–Crippen LogP) is 0.304. The number of esters is 1. The summed E-state index contributed by atoms with van der Waals surface area (Å²) in [6.45, 7) is 6.13. The van der Waals surface area contributed by atoms with Crippen LogP contribution >= 0.6 is 0 Å². The largest absolute Gasteiger partial charge is 0.461 e. The van der Waals surface area contributed by atoms with E-state index in [9.17, 15) is 4.79 Å². The van der Waals surface area contributed by atoms with Gasteiger partial charge in [-0.05, 0) is 25.9 Å². The summed E-state index contributed by atoms with van der Waals surface area (Å²) in [5, 5.41) is 13.6. The van der Waals surface area contributed by atoms with Crippen LogP contribution in [0, 0.1) is 5.92 Å². The number of nitrogens with one attached hydrogen (secondary N) is 2. The molecule has 6 heteroatoms. The molecule has 0 aliphatic carbocycles. The maximum Gasteiger partial charge on any atom is 0.360 e. The number of carbonyl (C=O) groups excluding carboxylic acids is 1. The number of nitrogens with zero attached hydrogens (tertiary/aromatic N) is 2. The van der Waals surface area contributed by atoms with Crippen molar-refractivity contribution in [1.82, 2.24) is 20.7 Å². The molecule has 1 aliphatic rings. The number of carbonyl (C=O) groups is 1. The number of aromatic amines is 1. The van der Waals surface area contributed by atoms with Crippen LogP contribution < -0.4 is 5.32 Å². The minimum atomic E-state index is -0.398. The molecule has 2 heterocycles. The number of H-pyrrole nitrogens is 1. The Morgan fingerprint density at radius 1 is 1.56 bits per heavy atom. The zero-order valence-corrected chi connectivity index (χ0v) is 9.49. The predicted molar refractivity (Wildman–Crippen MR) is 57.1 cm³/mol. The second kappa shape index (κ2) is 4.61. The van der Waals surface area contributed by atoms with Crippen molar-refractivity contribution in [3.8, 4) is 0 Å². The summed E-state index contributed by atoms with van der Waals surface area (Å²) >= 11 is 0. The molecule has 1 unspecified atom stereocenters. The summed E-state index contributed by atoms with van der Waals surface area (Å²) in [7, 11) is 0. The van der Waals surface area contributed by atoms with Gasteiger partial charge in [0.15, 0.2) is 5.69 Å². The lowest BCUT2D eigenvalue weighted by molar-refractivity contribution is 0.0516. The molecule has 1 aromatic heterocycles. The molecule has 2 N–H and O–H groups in total. The number of rotatable bonds is 4. The van der Waals surface area contributed by atoms with Crippen LogP contribution in [0.15, 0.2) is 0 Å². The Hall–Kier alpha value is -1.43. The zero-order valence-electron chi connectivity index (χ0n) is 9.49. The Labute approximate surface area is 93.8 Å². The molecular weight excluding hydrogens is 208 g/mol. The summed E-state index contributed by atoms with van der Waals surface area (Å²) in [5.41, 5.74) is 1.03. The summed E-state index contributed by atoms with van der Waals surface area (Å²) < 4.78 is 4.93. The van der Waals surface area contributed by atoms with Gasteiger partial charge in [-0.2, -0.15) is 10.3 Å². The molecule has 0 saturated carbocycles. The van der Waals surface area contributed by atoms with Gasteiger partial charge in [-0.3, -0.25) is 0 Å². The maximum absolute atomic E-state index is 11.6. The highest BCUT2D eigenvalue weighted by Gasteiger charge is 2.30. The van der Waals surface area contributed by atoms with Crippen molar-refractivity contribution in [2.75, 3.05) is 19.7 Å². The van der Waals surface area contributed by atoms with E-state index < -0.39 is 5.97 Å². The lowest BCUT2D eigenvalue weighted by Gasteiger charge is -2.31. The molecule has 2 rings (SSSR count). The van der Waals surface area contributed by atoms with Crippen LogP contribution in [0.4, 0.5) is 0 Å². The van der Waals surface area contributed by atoms with Crippen molar-refractivity contribution in [2.45, 2.75) is 19.8 Å². The molecule has 1 aromatic rings. The van der Waals surface area contributed by atoms with Crippen molar-refractivity contribution < 1.29 is 9.53 Å². The molecule has 1 fully saturated rings. The van der Waals surface area contributed by atoms with Crippen LogP contribution in [0.5, 0.6) is 0 Å². The van der Waals surface area contributed by atoms with E-state index in [-0.39, 0.29) is 5.92 Å². The van der Waals surface area contributed by atoms with Gasteiger partial charge in [-0.15, -0.1) is 5.10 Å². The van der Waals surface area contributed by atoms with Gasteiger partial charge in [0.05, 0.1) is 6.61 Å². The van der Waals surface area contributed by atoms with Gasteiger partial charge in [0.1, 0.15) is 5.69 Å². The van der Waals surface area contributed by atoms with Crippen molar-refractivity contribution >= 4 is 5.97 Å². The second-order valence-electron chi connectivity index (χ2n) is 3.98. The monoisotopic (exact) mass is 224 g/mol. The number of aromatic nitrogens is 3. The summed E-state index contributed by atoms with van der Waals surface area (Å²) in [6.07, 6.45) is 0. The van der Waals surface area contributed by atoms with Gasteiger partial charge < -0.3 is 10.1 Å². The Morgan fingerprint density at radius 2 is 2.31 bits per heavy atom. The molecule has 0 aromatic carbocycles. The van der Waals surface area contributed by atoms with Gasteiger partial charge in [-0.25, -0.2) is 4.79 Å². The van der Waals surface area contributed by atoms with Crippen LogP contribution in [0.25, 0.3) is 0 Å². The average molecular weight is 224 g/mol. The van der Waals surface area contributed by atoms with E-state index in [1.54, 1.807) is 6.92 Å². The Kier molecular flexibility index (Phi) is 3.19. The highest BCUT2D eigenvalue weighted by molar-refractivity contribution is 5.88. The topological polar surface area (TPSA) is 79.9 Å². The fourth-order valence-corrected chi connectivity index (χ4v) is 1.79. The molecular formula is C10H16N4O2. The minimum Gasteiger partial charge on any atom is -0.461 e. The summed E-state index contributed by atoms with van der Waals surface area (Å²) in [5.74, 6) is 0.350. The first kappa shape index (κ1) is 11.1. The molecule has 1 aliphatic heterocycles. The normalized spacial score (nSPS) is 17.9. The molecule has 1 saturated heterocycles. The van der Waals surface area contributed by atoms with Gasteiger partial charge in [0.25, 0.3) is 0 Å². The highest BCUT2D eigenvalue weighted by atomic mass is 16.5. The fourth-order valence-electron chi connectivity index (χ4n) is 1.79. The van der Waals surface area contributed by atoms with E-state index >= 15 is 0 Å². The van der Waals surface area contributed by atoms with Crippen LogP contribution in [0.3, 0.4) is 0 Å². The van der Waals surface area contributed by atoms with Gasteiger partial charge in [0.2, 0.25) is 0 Å². The molecule has 16 heavy (non-hydrogen) atoms. The van der Waals surface area contributed by atoms with Crippen LogP contribution in [0.1, 0.15) is 35.9 Å². The lowest BCUT2D eigenvalue weighted by atomic mass is 9.86. The Bertz CT molecular complexity index is 373. The number of ether oxygens (including phenoxy) is 1. The van der Waals surface area contributed by atoms with Crippen LogP contribution in [0.2, 0.25) is 0 Å². The van der Waals surface area contributed by atoms with Gasteiger partial charge >= 0.3 is 5.97 Å². The van der Waals surface area contributed by atoms with Crippen molar-refractivity contribution in [1.29, 1.82) is 0 Å². The lowest BCUT2D eigenvalue weighted by Crippen LogP contribution is -2.44. The first-order valence-corrected chi connectivity index (χ1v) is 5.52. The molecule has 0 radical (unpaired) electrons. The highest BCUT2D eigenvalue weighted by Crippen LogP contribution is 2.27. The quantitative estimate of drug-likeness (QED) is 0.719. The second-order valence-corrected chi connectivity index (χ2v) is 3.98. The summed E-state index contributed by atoms with van der Waals surface area (Å²) in [6, 6.07) is 0. The first-order valence-electron chi connectivity index (χ1n) is 5.52. The fraction of sp³-hybridized carbons (Fsp3) is 0.700. The first-order chi connectivity index (χ1) is 7.74. The molecule has 0 spiro atoms. The van der Waals surface area contributed by atoms with E-state index in [0.29, 0.717) is 23.9 Å². The molecule has 88 valence electrons. The number of hydrogen-bond donors (Lipinski definition) is 2. The molecule has 6 nitrogen and oxygen atoms in total. The van der Waals surface area contributed by atoms with E-state index in [1.807, 2.05) is 0 Å². The SMILES string of the molecule is CCOC(=O)c1n[nH]nc1C(C)C1CNC1. The summed E-state index contributed by atoms with van der Waals surface area (Å²) in [4.78, 5) is 11.6. The van der Waals surface area contributed by atoms with E-state index in [1.165, 1.54) is 0 Å². The standard InChI is InChI=1S/C10H16N4O2/c1-3-16-10(15)9-8(12-14-13-9)6(2)7-4-11-5-7/h6-7,11H,3-5H2,1-2H3,(H,12,13,14). The van der Waals surface area contributed by atoms with Gasteiger partial charge in [0, 0.05) is 5.92 Å². The van der Waals surface area contributed by atoms with Crippen molar-refractivity contribution in [3.05, 3.63) is 11.4 Å². The van der Waals surface area contributed by atoms with Crippen LogP contribution in [-0.2, 0) is 4.74 Å². The van der Waals surface area contributed by atoms with Gasteiger partial charge in [-0.1, -0.05) is 6.92 Å². The van der Waals surface area contributed by atoms with E-state index in [0.717, 1.165) is 13.1 Å². The van der Waals surface area contributed by atoms with Crippen LogP contribution in [-0.4, -0.2) is 41.1 Å². The maximum atomic E-state index is 11.6. The third-order valence-electron chi connectivity index (χ3n) is 3.00. The molecule has 0 bridgehead atoms. The van der Waals surface area contributed by atoms with E-state index in [2.05, 4.69) is 27.7 Å². The molecule has 0 amide bonds. The van der Waals surface area contributed by atoms with Crippen molar-refractivity contribution in [2.24, 2.45) is 5.92 Å². The molecule has 1 atom stereocenters. The Balaban J connectivity index is 2.14. The van der Waals surface area contributed by atoms with E-state index in [4.69, 9.17) is 4.74 Å². The minimum absolute atomic E-state index is 0.222. The third kappa shape index (κ3) is 1.92. The smallest absolute Gasteiger partial charge is 0.360 e.